The van der Waals surface area contributed by atoms with E-state index >= 15 is 0 Å². The Balaban J connectivity index is 2.40. The van der Waals surface area contributed by atoms with Crippen LogP contribution in [0.1, 0.15) is 13.8 Å². The van der Waals surface area contributed by atoms with Gasteiger partial charge in [-0.3, -0.25) is 4.79 Å². The maximum absolute atomic E-state index is 12.0. The van der Waals surface area contributed by atoms with Gasteiger partial charge in [0.25, 0.3) is 0 Å². The standard InChI is InChI=1S/C10H15N3O6S/c1-5(2)7-3-6-4-12(8(7)9(11)14)10(15)13(6)19-20(16,17)18/h3,5-6,8H,4H2,1-2H3,(H2,11,14)(H,16,17,18)/p-1/t6-,8+/m1/s1. The molecule has 0 spiro atoms. The maximum atomic E-state index is 12.0. The van der Waals surface area contributed by atoms with Crippen molar-refractivity contribution >= 4 is 22.3 Å². The molecular formula is C10H14N3O6S-. The van der Waals surface area contributed by atoms with Crippen LogP contribution < -0.4 is 5.73 Å². The van der Waals surface area contributed by atoms with E-state index in [1.165, 1.54) is 0 Å². The average molecular weight is 304 g/mol. The van der Waals surface area contributed by atoms with Crippen molar-refractivity contribution in [2.75, 3.05) is 6.54 Å². The molecule has 1 saturated heterocycles. The first-order valence-corrected chi connectivity index (χ1v) is 7.21. The van der Waals surface area contributed by atoms with Crippen molar-refractivity contribution in [2.45, 2.75) is 25.9 Å². The number of rotatable bonds is 4. The second-order valence-electron chi connectivity index (χ2n) is 4.94. The van der Waals surface area contributed by atoms with Gasteiger partial charge in [-0.25, -0.2) is 13.2 Å². The summed E-state index contributed by atoms with van der Waals surface area (Å²) in [5, 5.41) is 0.466. The lowest BCUT2D eigenvalue weighted by molar-refractivity contribution is -0.121. The molecular weight excluding hydrogens is 290 g/mol. The van der Waals surface area contributed by atoms with Gasteiger partial charge in [-0.15, -0.1) is 0 Å². The zero-order chi connectivity index (χ0) is 15.2. The minimum absolute atomic E-state index is 0.0399. The van der Waals surface area contributed by atoms with Gasteiger partial charge in [0.05, 0.1) is 12.6 Å². The fraction of sp³-hybridized carbons (Fsp3) is 0.600. The summed E-state index contributed by atoms with van der Waals surface area (Å²) < 4.78 is 36.1. The van der Waals surface area contributed by atoms with Gasteiger partial charge in [0.15, 0.2) is 0 Å². The Labute approximate surface area is 115 Å². The highest BCUT2D eigenvalue weighted by Gasteiger charge is 2.49. The number of nitrogens with zero attached hydrogens (tertiary/aromatic N) is 2. The molecule has 20 heavy (non-hydrogen) atoms. The van der Waals surface area contributed by atoms with Gasteiger partial charge in [0.1, 0.15) is 6.04 Å². The van der Waals surface area contributed by atoms with Gasteiger partial charge in [0, 0.05) is 0 Å². The van der Waals surface area contributed by atoms with E-state index in [1.807, 2.05) is 13.8 Å². The van der Waals surface area contributed by atoms with Crippen LogP contribution in [0, 0.1) is 5.92 Å². The molecule has 2 N–H and O–H groups in total. The van der Waals surface area contributed by atoms with E-state index in [1.54, 1.807) is 6.08 Å². The SMILES string of the molecule is CC(C)C1=C[C@@H]2CN(C(=O)N2OS(=O)(=O)[O-])[C@@H]1C(N)=O. The molecule has 0 aromatic rings. The molecule has 2 heterocycles. The lowest BCUT2D eigenvalue weighted by Crippen LogP contribution is -2.49. The maximum Gasteiger partial charge on any atom is 0.346 e. The lowest BCUT2D eigenvalue weighted by Gasteiger charge is -2.31. The van der Waals surface area contributed by atoms with Crippen LogP contribution in [0.2, 0.25) is 0 Å². The molecule has 2 aliphatic rings. The molecule has 0 saturated carbocycles. The van der Waals surface area contributed by atoms with Crippen LogP contribution in [0.4, 0.5) is 4.79 Å². The van der Waals surface area contributed by atoms with Gasteiger partial charge in [-0.2, -0.15) is 9.35 Å². The third-order valence-electron chi connectivity index (χ3n) is 3.24. The summed E-state index contributed by atoms with van der Waals surface area (Å²) >= 11 is 0. The molecule has 2 atom stereocenters. The van der Waals surface area contributed by atoms with E-state index < -0.39 is 34.4 Å². The van der Waals surface area contributed by atoms with Crippen molar-refractivity contribution in [1.82, 2.24) is 9.96 Å². The predicted molar refractivity (Wildman–Crippen MR) is 64.4 cm³/mol. The van der Waals surface area contributed by atoms with Crippen molar-refractivity contribution in [2.24, 2.45) is 11.7 Å². The van der Waals surface area contributed by atoms with Gasteiger partial charge >= 0.3 is 6.03 Å². The zero-order valence-corrected chi connectivity index (χ0v) is 11.7. The number of hydrogen-bond acceptors (Lipinski definition) is 6. The van der Waals surface area contributed by atoms with Gasteiger partial charge in [-0.1, -0.05) is 19.9 Å². The largest absolute Gasteiger partial charge is 0.724 e. The molecule has 2 rings (SSSR count). The highest BCUT2D eigenvalue weighted by Crippen LogP contribution is 2.33. The van der Waals surface area contributed by atoms with Crippen LogP contribution in [-0.2, 0) is 19.5 Å². The monoisotopic (exact) mass is 304 g/mol. The summed E-state index contributed by atoms with van der Waals surface area (Å²) in [6, 6.07) is -2.56. The Morgan fingerprint density at radius 1 is 1.55 bits per heavy atom. The highest BCUT2D eigenvalue weighted by atomic mass is 32.3. The number of hydrogen-bond donors (Lipinski definition) is 1. The quantitative estimate of drug-likeness (QED) is 0.399. The summed E-state index contributed by atoms with van der Waals surface area (Å²) in [5.74, 6) is -0.794. The number of nitrogens with two attached hydrogens (primary N) is 1. The fourth-order valence-corrected chi connectivity index (χ4v) is 2.83. The second-order valence-corrected chi connectivity index (χ2v) is 5.90. The smallest absolute Gasteiger partial charge is 0.346 e. The minimum atomic E-state index is -5.07. The molecule has 0 radical (unpaired) electrons. The molecule has 0 aromatic carbocycles. The fourth-order valence-electron chi connectivity index (χ4n) is 2.46. The molecule has 0 unspecified atom stereocenters. The molecule has 1 fully saturated rings. The van der Waals surface area contributed by atoms with Gasteiger partial charge in [-0.05, 0) is 11.5 Å². The van der Waals surface area contributed by atoms with Crippen molar-refractivity contribution < 1.29 is 26.8 Å². The third-order valence-corrected chi connectivity index (χ3v) is 3.58. The van der Waals surface area contributed by atoms with Crippen LogP contribution in [0.5, 0.6) is 0 Å². The number of fused-ring (bicyclic) bond motifs is 2. The molecule has 10 heteroatoms. The van der Waals surface area contributed by atoms with Crippen LogP contribution in [-0.4, -0.2) is 53.5 Å². The van der Waals surface area contributed by atoms with E-state index in [0.29, 0.717) is 10.6 Å². The average Bonchev–Trinajstić information content (AvgIpc) is 2.52. The van der Waals surface area contributed by atoms with Crippen LogP contribution in [0.25, 0.3) is 0 Å². The summed E-state index contributed by atoms with van der Waals surface area (Å²) in [7, 11) is -5.07. The second kappa shape index (κ2) is 4.72. The Kier molecular flexibility index (Phi) is 3.48. The summed E-state index contributed by atoms with van der Waals surface area (Å²) in [4.78, 5) is 24.7. The number of urea groups is 1. The summed E-state index contributed by atoms with van der Waals surface area (Å²) in [6.07, 6.45) is 1.55. The number of hydroxylamine groups is 2. The van der Waals surface area contributed by atoms with Crippen molar-refractivity contribution in [3.63, 3.8) is 0 Å². The van der Waals surface area contributed by atoms with E-state index in [4.69, 9.17) is 5.73 Å². The number of carbonyl (C=O) groups is 2. The van der Waals surface area contributed by atoms with Crippen molar-refractivity contribution in [3.8, 4) is 0 Å². The van der Waals surface area contributed by atoms with Crippen molar-refractivity contribution in [1.29, 1.82) is 0 Å². The molecule has 0 aliphatic carbocycles. The first kappa shape index (κ1) is 14.8. The first-order chi connectivity index (χ1) is 9.11. The van der Waals surface area contributed by atoms with E-state index in [9.17, 15) is 22.6 Å². The molecule has 2 bridgehead atoms. The van der Waals surface area contributed by atoms with Gasteiger partial charge in [0.2, 0.25) is 16.3 Å². The topological polar surface area (TPSA) is 133 Å². The van der Waals surface area contributed by atoms with Gasteiger partial charge < -0.3 is 15.2 Å². The molecule has 112 valence electrons. The normalized spacial score (nSPS) is 26.2. The van der Waals surface area contributed by atoms with Crippen molar-refractivity contribution in [3.05, 3.63) is 11.6 Å². The molecule has 9 nitrogen and oxygen atoms in total. The third kappa shape index (κ3) is 2.49. The Morgan fingerprint density at radius 2 is 2.15 bits per heavy atom. The van der Waals surface area contributed by atoms with Crippen LogP contribution in [0.15, 0.2) is 11.6 Å². The molecule has 0 aromatic heterocycles. The highest BCUT2D eigenvalue weighted by molar-refractivity contribution is 7.80. The summed E-state index contributed by atoms with van der Waals surface area (Å²) in [5.41, 5.74) is 5.90. The molecule has 3 amide bonds. The lowest BCUT2D eigenvalue weighted by atomic mass is 9.90. The van der Waals surface area contributed by atoms with E-state index in [-0.39, 0.29) is 12.5 Å². The Morgan fingerprint density at radius 3 is 2.60 bits per heavy atom. The minimum Gasteiger partial charge on any atom is -0.724 e. The predicted octanol–water partition coefficient (Wildman–Crippen LogP) is -1.07. The van der Waals surface area contributed by atoms with E-state index in [0.717, 1.165) is 4.90 Å². The van der Waals surface area contributed by atoms with Crippen LogP contribution >= 0.6 is 0 Å². The summed E-state index contributed by atoms with van der Waals surface area (Å²) in [6.45, 7) is 3.67. The van der Waals surface area contributed by atoms with E-state index in [2.05, 4.69) is 4.28 Å². The Hall–Kier alpha value is -1.65. The zero-order valence-electron chi connectivity index (χ0n) is 10.8. The number of amides is 3. The van der Waals surface area contributed by atoms with Crippen LogP contribution in [0.3, 0.4) is 0 Å². The number of primary amides is 1. The Bertz CT molecular complexity index is 584. The first-order valence-electron chi connectivity index (χ1n) is 5.88. The molecule has 2 aliphatic heterocycles. The number of carbonyl (C=O) groups excluding carboxylic acids is 2.